The number of nitrogens with one attached hydrogen (secondary N) is 2. The molecule has 2 aromatic carbocycles. The topological polar surface area (TPSA) is 84.2 Å². The number of amides is 2. The van der Waals surface area contributed by atoms with E-state index in [1.807, 2.05) is 18.2 Å². The number of hydrogen-bond donors (Lipinski definition) is 3. The average Bonchev–Trinajstić information content (AvgIpc) is 2.64. The first-order chi connectivity index (χ1) is 12.0. The fourth-order valence-electron chi connectivity index (χ4n) is 2.38. The van der Waals surface area contributed by atoms with E-state index in [0.29, 0.717) is 18.0 Å². The molecule has 0 saturated heterocycles. The summed E-state index contributed by atoms with van der Waals surface area (Å²) in [6.07, 6.45) is 0. The van der Waals surface area contributed by atoms with Crippen LogP contribution in [0.3, 0.4) is 0 Å². The zero-order valence-electron chi connectivity index (χ0n) is 15.1. The van der Waals surface area contributed by atoms with E-state index >= 15 is 0 Å². The van der Waals surface area contributed by atoms with Crippen molar-refractivity contribution in [1.29, 1.82) is 0 Å². The van der Waals surface area contributed by atoms with Crippen molar-refractivity contribution >= 4 is 24.2 Å². The molecule has 2 aromatic rings. The number of halogens is 1. The van der Waals surface area contributed by atoms with Crippen molar-refractivity contribution in [3.05, 3.63) is 71.3 Å². The predicted molar refractivity (Wildman–Crippen MR) is 106 cm³/mol. The molecule has 0 spiro atoms. The third kappa shape index (κ3) is 6.50. The summed E-state index contributed by atoms with van der Waals surface area (Å²) in [5.74, 6) is -0.0685. The average molecular weight is 376 g/mol. The number of hydrogen-bond acceptors (Lipinski definition) is 3. The summed E-state index contributed by atoms with van der Waals surface area (Å²) < 4.78 is 0. The van der Waals surface area contributed by atoms with Gasteiger partial charge in [0.25, 0.3) is 5.91 Å². The van der Waals surface area contributed by atoms with Gasteiger partial charge >= 0.3 is 0 Å². The van der Waals surface area contributed by atoms with E-state index in [1.54, 1.807) is 24.3 Å². The Kier molecular flexibility index (Phi) is 8.82. The second-order valence-electron chi connectivity index (χ2n) is 6.28. The van der Waals surface area contributed by atoms with Crippen LogP contribution in [0.2, 0.25) is 0 Å². The molecule has 140 valence electrons. The quantitative estimate of drug-likeness (QED) is 0.695. The van der Waals surface area contributed by atoms with Gasteiger partial charge in [0.15, 0.2) is 0 Å². The Balaban J connectivity index is 0.00000338. The summed E-state index contributed by atoms with van der Waals surface area (Å²) in [4.78, 5) is 23.8. The fourth-order valence-corrected chi connectivity index (χ4v) is 2.38. The van der Waals surface area contributed by atoms with Crippen molar-refractivity contribution in [2.45, 2.75) is 25.8 Å². The molecule has 4 N–H and O–H groups in total. The highest BCUT2D eigenvalue weighted by molar-refractivity contribution is 5.96. The lowest BCUT2D eigenvalue weighted by Gasteiger charge is -2.15. The Morgan fingerprint density at radius 1 is 0.923 bits per heavy atom. The normalized spacial score (nSPS) is 11.4. The largest absolute Gasteiger partial charge is 0.353 e. The van der Waals surface area contributed by atoms with Gasteiger partial charge in [-0.1, -0.05) is 56.3 Å². The Labute approximate surface area is 160 Å². The first-order valence-corrected chi connectivity index (χ1v) is 8.42. The molecule has 0 bridgehead atoms. The molecule has 0 aliphatic heterocycles. The SMILES string of the molecule is CC(C)c1ccc(C(N)CNC(=O)CNC(=O)c2ccccc2)cc1.Cl. The van der Waals surface area contributed by atoms with Gasteiger partial charge in [-0.25, -0.2) is 0 Å². The van der Waals surface area contributed by atoms with Gasteiger partial charge in [0.1, 0.15) is 0 Å². The Hall–Kier alpha value is -2.37. The van der Waals surface area contributed by atoms with Gasteiger partial charge in [-0.15, -0.1) is 12.4 Å². The van der Waals surface area contributed by atoms with Crippen LogP contribution < -0.4 is 16.4 Å². The maximum Gasteiger partial charge on any atom is 0.251 e. The summed E-state index contributed by atoms with van der Waals surface area (Å²) in [6.45, 7) is 4.52. The molecule has 0 aromatic heterocycles. The number of carbonyl (C=O) groups is 2. The van der Waals surface area contributed by atoms with Gasteiger partial charge in [-0.05, 0) is 29.2 Å². The zero-order chi connectivity index (χ0) is 18.2. The second kappa shape index (κ2) is 10.6. The van der Waals surface area contributed by atoms with Gasteiger partial charge in [0, 0.05) is 18.2 Å². The van der Waals surface area contributed by atoms with E-state index in [-0.39, 0.29) is 36.8 Å². The molecule has 0 aliphatic rings. The van der Waals surface area contributed by atoms with E-state index < -0.39 is 0 Å². The van der Waals surface area contributed by atoms with Crippen molar-refractivity contribution < 1.29 is 9.59 Å². The third-order valence-electron chi connectivity index (χ3n) is 4.00. The monoisotopic (exact) mass is 375 g/mol. The zero-order valence-corrected chi connectivity index (χ0v) is 15.9. The van der Waals surface area contributed by atoms with Crippen LogP contribution in [0.1, 0.15) is 47.3 Å². The van der Waals surface area contributed by atoms with Crippen LogP contribution >= 0.6 is 12.4 Å². The number of carbonyl (C=O) groups excluding carboxylic acids is 2. The Bertz CT molecular complexity index is 703. The lowest BCUT2D eigenvalue weighted by molar-refractivity contribution is -0.120. The van der Waals surface area contributed by atoms with Gasteiger partial charge < -0.3 is 16.4 Å². The first kappa shape index (κ1) is 21.7. The molecule has 0 radical (unpaired) electrons. The van der Waals surface area contributed by atoms with Gasteiger partial charge in [0.05, 0.1) is 6.54 Å². The van der Waals surface area contributed by atoms with Crippen molar-refractivity contribution in [3.8, 4) is 0 Å². The van der Waals surface area contributed by atoms with Crippen LogP contribution in [-0.2, 0) is 4.79 Å². The first-order valence-electron chi connectivity index (χ1n) is 8.42. The molecule has 26 heavy (non-hydrogen) atoms. The summed E-state index contributed by atoms with van der Waals surface area (Å²) in [6, 6.07) is 16.6. The van der Waals surface area contributed by atoms with Crippen LogP contribution in [0.25, 0.3) is 0 Å². The molecule has 2 rings (SSSR count). The van der Waals surface area contributed by atoms with E-state index in [1.165, 1.54) is 5.56 Å². The van der Waals surface area contributed by atoms with Gasteiger partial charge in [0.2, 0.25) is 5.91 Å². The molecule has 1 unspecified atom stereocenters. The molecule has 0 fully saturated rings. The van der Waals surface area contributed by atoms with E-state index in [4.69, 9.17) is 5.73 Å². The van der Waals surface area contributed by atoms with Crippen LogP contribution in [0, 0.1) is 0 Å². The highest BCUT2D eigenvalue weighted by Gasteiger charge is 2.10. The minimum absolute atomic E-state index is 0. The van der Waals surface area contributed by atoms with Crippen molar-refractivity contribution in [1.82, 2.24) is 10.6 Å². The lowest BCUT2D eigenvalue weighted by atomic mass is 9.99. The molecule has 0 aliphatic carbocycles. The number of benzene rings is 2. The summed E-state index contributed by atoms with van der Waals surface area (Å²) >= 11 is 0. The van der Waals surface area contributed by atoms with Crippen LogP contribution in [0.4, 0.5) is 0 Å². The summed E-state index contributed by atoms with van der Waals surface area (Å²) in [5, 5.41) is 5.34. The van der Waals surface area contributed by atoms with Crippen molar-refractivity contribution in [2.24, 2.45) is 5.73 Å². The van der Waals surface area contributed by atoms with E-state index in [2.05, 4.69) is 36.6 Å². The smallest absolute Gasteiger partial charge is 0.251 e. The van der Waals surface area contributed by atoms with E-state index in [0.717, 1.165) is 5.56 Å². The lowest BCUT2D eigenvalue weighted by Crippen LogP contribution is -2.39. The molecular weight excluding hydrogens is 350 g/mol. The maximum absolute atomic E-state index is 11.9. The number of rotatable bonds is 7. The number of nitrogens with two attached hydrogens (primary N) is 1. The van der Waals surface area contributed by atoms with E-state index in [9.17, 15) is 9.59 Å². The van der Waals surface area contributed by atoms with Crippen LogP contribution in [0.15, 0.2) is 54.6 Å². The molecule has 1 atom stereocenters. The summed E-state index contributed by atoms with van der Waals surface area (Å²) in [7, 11) is 0. The van der Waals surface area contributed by atoms with Crippen molar-refractivity contribution in [2.75, 3.05) is 13.1 Å². The highest BCUT2D eigenvalue weighted by Crippen LogP contribution is 2.17. The molecule has 6 heteroatoms. The molecule has 0 heterocycles. The Morgan fingerprint density at radius 2 is 1.50 bits per heavy atom. The van der Waals surface area contributed by atoms with Crippen LogP contribution in [-0.4, -0.2) is 24.9 Å². The Morgan fingerprint density at radius 3 is 2.08 bits per heavy atom. The maximum atomic E-state index is 11.9. The second-order valence-corrected chi connectivity index (χ2v) is 6.28. The molecular formula is C20H26ClN3O2. The molecule has 0 saturated carbocycles. The third-order valence-corrected chi connectivity index (χ3v) is 4.00. The van der Waals surface area contributed by atoms with Crippen molar-refractivity contribution in [3.63, 3.8) is 0 Å². The van der Waals surface area contributed by atoms with Gasteiger partial charge in [-0.2, -0.15) is 0 Å². The highest BCUT2D eigenvalue weighted by atomic mass is 35.5. The standard InChI is InChI=1S/C20H25N3O2.ClH/c1-14(2)15-8-10-16(11-9-15)18(21)12-22-19(24)13-23-20(25)17-6-4-3-5-7-17;/h3-11,14,18H,12-13,21H2,1-2H3,(H,22,24)(H,23,25);1H. The predicted octanol–water partition coefficient (Wildman–Crippen LogP) is 2.78. The minimum atomic E-state index is -0.282. The van der Waals surface area contributed by atoms with Gasteiger partial charge in [-0.3, -0.25) is 9.59 Å². The van der Waals surface area contributed by atoms with Crippen LogP contribution in [0.5, 0.6) is 0 Å². The fraction of sp³-hybridized carbons (Fsp3) is 0.300. The molecule has 2 amide bonds. The minimum Gasteiger partial charge on any atom is -0.353 e. The summed E-state index contributed by atoms with van der Waals surface area (Å²) in [5.41, 5.74) is 8.86. The molecule has 5 nitrogen and oxygen atoms in total.